The van der Waals surface area contributed by atoms with Crippen LogP contribution in [0.3, 0.4) is 0 Å². The second kappa shape index (κ2) is 5.25. The predicted molar refractivity (Wildman–Crippen MR) is 69.8 cm³/mol. The predicted octanol–water partition coefficient (Wildman–Crippen LogP) is 0.592. The number of hydrogen-bond donors (Lipinski definition) is 3. The Hall–Kier alpha value is -2.12. The molecule has 0 aliphatic carbocycles. The van der Waals surface area contributed by atoms with Gasteiger partial charge in [0, 0.05) is 24.5 Å². The highest BCUT2D eigenvalue weighted by Gasteiger charge is 2.14. The van der Waals surface area contributed by atoms with E-state index in [0.29, 0.717) is 0 Å². The summed E-state index contributed by atoms with van der Waals surface area (Å²) in [6, 6.07) is 7.23. The highest BCUT2D eigenvalue weighted by atomic mass is 32.2. The molecule has 0 saturated carbocycles. The first-order valence-corrected chi connectivity index (χ1v) is 6.98. The average Bonchev–Trinajstić information content (AvgIpc) is 2.90. The van der Waals surface area contributed by atoms with Crippen molar-refractivity contribution in [2.45, 2.75) is 11.4 Å². The molecular formula is C12H13N3O3S. The molecule has 0 unspecified atom stereocenters. The van der Waals surface area contributed by atoms with Crippen LogP contribution < -0.4 is 10.5 Å². The van der Waals surface area contributed by atoms with Crippen LogP contribution in [-0.4, -0.2) is 19.3 Å². The molecule has 0 radical (unpaired) electrons. The van der Waals surface area contributed by atoms with Gasteiger partial charge in [-0.2, -0.15) is 0 Å². The van der Waals surface area contributed by atoms with Crippen molar-refractivity contribution in [2.75, 3.05) is 0 Å². The second-order valence-electron chi connectivity index (χ2n) is 3.93. The number of benzene rings is 1. The van der Waals surface area contributed by atoms with Gasteiger partial charge in [0.15, 0.2) is 0 Å². The van der Waals surface area contributed by atoms with Crippen LogP contribution >= 0.6 is 0 Å². The first-order valence-electron chi connectivity index (χ1n) is 5.50. The lowest BCUT2D eigenvalue weighted by Gasteiger charge is -2.06. The quantitative estimate of drug-likeness (QED) is 0.746. The van der Waals surface area contributed by atoms with E-state index in [0.717, 1.165) is 5.56 Å². The summed E-state index contributed by atoms with van der Waals surface area (Å²) in [5.41, 5.74) is 6.19. The molecule has 2 rings (SSSR count). The Kier molecular flexibility index (Phi) is 3.68. The fourth-order valence-electron chi connectivity index (χ4n) is 1.53. The van der Waals surface area contributed by atoms with E-state index in [9.17, 15) is 13.2 Å². The maximum absolute atomic E-state index is 12.0. The number of sulfonamides is 1. The SMILES string of the molecule is NC(=O)c1ccc(S(=O)(=O)NCc2cc[nH]c2)cc1. The molecule has 2 aromatic rings. The number of nitrogens with one attached hydrogen (secondary N) is 2. The normalized spacial score (nSPS) is 11.4. The fourth-order valence-corrected chi connectivity index (χ4v) is 2.55. The molecule has 1 heterocycles. The Morgan fingerprint density at radius 1 is 1.21 bits per heavy atom. The van der Waals surface area contributed by atoms with Crippen LogP contribution in [-0.2, 0) is 16.6 Å². The van der Waals surface area contributed by atoms with Gasteiger partial charge in [0.05, 0.1) is 4.90 Å². The second-order valence-corrected chi connectivity index (χ2v) is 5.70. The number of rotatable bonds is 5. The van der Waals surface area contributed by atoms with Crippen molar-refractivity contribution in [2.24, 2.45) is 5.73 Å². The molecule has 0 aliphatic rings. The maximum atomic E-state index is 12.0. The summed E-state index contributed by atoms with van der Waals surface area (Å²) in [6.45, 7) is 0.198. The van der Waals surface area contributed by atoms with Gasteiger partial charge >= 0.3 is 0 Å². The van der Waals surface area contributed by atoms with Crippen molar-refractivity contribution < 1.29 is 13.2 Å². The van der Waals surface area contributed by atoms with Crippen molar-refractivity contribution in [1.29, 1.82) is 0 Å². The van der Waals surface area contributed by atoms with Gasteiger partial charge < -0.3 is 10.7 Å². The molecule has 7 heteroatoms. The highest BCUT2D eigenvalue weighted by molar-refractivity contribution is 7.89. The summed E-state index contributed by atoms with van der Waals surface area (Å²) in [5, 5.41) is 0. The standard InChI is InChI=1S/C12H13N3O3S/c13-12(16)10-1-3-11(4-2-10)19(17,18)15-8-9-5-6-14-7-9/h1-7,14-15H,8H2,(H2,13,16). The summed E-state index contributed by atoms with van der Waals surface area (Å²) in [6.07, 6.45) is 3.42. The summed E-state index contributed by atoms with van der Waals surface area (Å²) >= 11 is 0. The van der Waals surface area contributed by atoms with Gasteiger partial charge in [0.2, 0.25) is 15.9 Å². The molecule has 0 spiro atoms. The number of hydrogen-bond acceptors (Lipinski definition) is 3. The topological polar surface area (TPSA) is 105 Å². The molecule has 100 valence electrons. The molecule has 0 saturated heterocycles. The van der Waals surface area contributed by atoms with Crippen LogP contribution in [0.5, 0.6) is 0 Å². The summed E-state index contributed by atoms with van der Waals surface area (Å²) < 4.78 is 26.4. The van der Waals surface area contributed by atoms with E-state index in [1.807, 2.05) is 0 Å². The molecule has 19 heavy (non-hydrogen) atoms. The van der Waals surface area contributed by atoms with E-state index in [2.05, 4.69) is 9.71 Å². The third-order valence-electron chi connectivity index (χ3n) is 2.58. The zero-order valence-corrected chi connectivity index (χ0v) is 10.8. The minimum absolute atomic E-state index is 0.0908. The molecule has 0 fully saturated rings. The number of carbonyl (C=O) groups excluding carboxylic acids is 1. The molecule has 6 nitrogen and oxygen atoms in total. The Morgan fingerprint density at radius 3 is 2.42 bits per heavy atom. The molecule has 0 bridgehead atoms. The smallest absolute Gasteiger partial charge is 0.248 e. The van der Waals surface area contributed by atoms with Crippen LogP contribution in [0.15, 0.2) is 47.6 Å². The third kappa shape index (κ3) is 3.21. The van der Waals surface area contributed by atoms with E-state index in [4.69, 9.17) is 5.73 Å². The summed E-state index contributed by atoms with van der Waals surface area (Å²) in [7, 11) is -3.59. The molecular weight excluding hydrogens is 266 g/mol. The Morgan fingerprint density at radius 2 is 1.89 bits per heavy atom. The van der Waals surface area contributed by atoms with Gasteiger partial charge in [-0.1, -0.05) is 0 Å². The van der Waals surface area contributed by atoms with Crippen molar-refractivity contribution in [3.05, 3.63) is 53.9 Å². The zero-order chi connectivity index (χ0) is 13.9. The lowest BCUT2D eigenvalue weighted by Crippen LogP contribution is -2.23. The van der Waals surface area contributed by atoms with Gasteiger partial charge in [-0.25, -0.2) is 13.1 Å². The van der Waals surface area contributed by atoms with E-state index in [1.165, 1.54) is 24.3 Å². The molecule has 1 aromatic carbocycles. The number of nitrogens with two attached hydrogens (primary N) is 1. The Bertz CT molecular complexity index is 661. The van der Waals surface area contributed by atoms with E-state index in [-0.39, 0.29) is 17.0 Å². The van der Waals surface area contributed by atoms with E-state index >= 15 is 0 Å². The number of aromatic amines is 1. The summed E-state index contributed by atoms with van der Waals surface area (Å²) in [4.78, 5) is 13.8. The molecule has 4 N–H and O–H groups in total. The fraction of sp³-hybridized carbons (Fsp3) is 0.0833. The molecule has 1 aromatic heterocycles. The summed E-state index contributed by atoms with van der Waals surface area (Å²) in [5.74, 6) is -0.593. The van der Waals surface area contributed by atoms with Crippen molar-refractivity contribution in [3.63, 3.8) is 0 Å². The monoisotopic (exact) mass is 279 g/mol. The average molecular weight is 279 g/mol. The molecule has 1 amide bonds. The van der Waals surface area contributed by atoms with Gasteiger partial charge in [0.25, 0.3) is 0 Å². The minimum atomic E-state index is -3.59. The first-order chi connectivity index (χ1) is 8.99. The lowest BCUT2D eigenvalue weighted by atomic mass is 10.2. The maximum Gasteiger partial charge on any atom is 0.248 e. The highest BCUT2D eigenvalue weighted by Crippen LogP contribution is 2.11. The number of carbonyl (C=O) groups is 1. The number of primary amides is 1. The molecule has 0 atom stereocenters. The minimum Gasteiger partial charge on any atom is -0.367 e. The van der Waals surface area contributed by atoms with Crippen molar-refractivity contribution in [1.82, 2.24) is 9.71 Å². The van der Waals surface area contributed by atoms with Crippen LogP contribution in [0.1, 0.15) is 15.9 Å². The van der Waals surface area contributed by atoms with Crippen molar-refractivity contribution >= 4 is 15.9 Å². The van der Waals surface area contributed by atoms with E-state index in [1.54, 1.807) is 18.5 Å². The Balaban J connectivity index is 2.13. The van der Waals surface area contributed by atoms with Crippen LogP contribution in [0.25, 0.3) is 0 Å². The van der Waals surface area contributed by atoms with Gasteiger partial charge in [-0.15, -0.1) is 0 Å². The van der Waals surface area contributed by atoms with Crippen LogP contribution in [0.2, 0.25) is 0 Å². The zero-order valence-electron chi connectivity index (χ0n) is 9.96. The lowest BCUT2D eigenvalue weighted by molar-refractivity contribution is 0.1000. The van der Waals surface area contributed by atoms with E-state index < -0.39 is 15.9 Å². The molecule has 0 aliphatic heterocycles. The van der Waals surface area contributed by atoms with Gasteiger partial charge in [-0.3, -0.25) is 4.79 Å². The van der Waals surface area contributed by atoms with Crippen molar-refractivity contribution in [3.8, 4) is 0 Å². The van der Waals surface area contributed by atoms with Gasteiger partial charge in [0.1, 0.15) is 0 Å². The number of H-pyrrole nitrogens is 1. The largest absolute Gasteiger partial charge is 0.367 e. The number of amides is 1. The van der Waals surface area contributed by atoms with Crippen LogP contribution in [0, 0.1) is 0 Å². The Labute approximate surface area is 110 Å². The van der Waals surface area contributed by atoms with Gasteiger partial charge in [-0.05, 0) is 35.9 Å². The van der Waals surface area contributed by atoms with Crippen LogP contribution in [0.4, 0.5) is 0 Å². The third-order valence-corrected chi connectivity index (χ3v) is 3.99. The number of aromatic nitrogens is 1. The first kappa shape index (κ1) is 13.3.